The average Bonchev–Trinajstić information content (AvgIpc) is 2.65. The molecule has 1 N–H and O–H groups in total. The predicted molar refractivity (Wildman–Crippen MR) is 79.3 cm³/mol. The molecule has 0 amide bonds. The lowest BCUT2D eigenvalue weighted by molar-refractivity contribution is 0.101. The Kier molecular flexibility index (Phi) is 4.04. The summed E-state index contributed by atoms with van der Waals surface area (Å²) in [7, 11) is 0. The zero-order valence-electron chi connectivity index (χ0n) is 9.75. The minimum absolute atomic E-state index is 0.00644. The van der Waals surface area contributed by atoms with Crippen LogP contribution in [0.5, 0.6) is 0 Å². The van der Waals surface area contributed by atoms with E-state index in [0.29, 0.717) is 10.6 Å². The third-order valence-electron chi connectivity index (χ3n) is 2.39. The van der Waals surface area contributed by atoms with E-state index < -0.39 is 0 Å². The number of halogens is 2. The number of nitrogens with zero attached hydrogens (tertiary/aromatic N) is 1. The van der Waals surface area contributed by atoms with E-state index in [-0.39, 0.29) is 5.78 Å². The maximum Gasteiger partial charge on any atom is 0.164 e. The Bertz CT molecular complexity index is 612. The Morgan fingerprint density at radius 3 is 2.83 bits per heavy atom. The van der Waals surface area contributed by atoms with E-state index in [2.05, 4.69) is 25.6 Å². The van der Waals surface area contributed by atoms with Gasteiger partial charge in [0, 0.05) is 10.2 Å². The van der Waals surface area contributed by atoms with Crippen molar-refractivity contribution in [3.8, 4) is 0 Å². The quantitative estimate of drug-likeness (QED) is 0.811. The van der Waals surface area contributed by atoms with Crippen LogP contribution in [0.1, 0.15) is 23.0 Å². The topological polar surface area (TPSA) is 42.0 Å². The molecule has 0 fully saturated rings. The molecule has 0 aliphatic rings. The van der Waals surface area contributed by atoms with Gasteiger partial charge in [-0.3, -0.25) is 4.79 Å². The van der Waals surface area contributed by atoms with Gasteiger partial charge in [0.1, 0.15) is 5.00 Å². The molecule has 0 spiro atoms. The standard InChI is InChI=1S/C12H10BrClN2OS/c1-6-11(7(2)17)12(18-16-6)15-8-3-4-9(13)10(14)5-8/h3-5,15H,1-2H3. The minimum atomic E-state index is 0.00644. The third kappa shape index (κ3) is 2.74. The Morgan fingerprint density at radius 1 is 1.50 bits per heavy atom. The number of ketones is 1. The summed E-state index contributed by atoms with van der Waals surface area (Å²) in [5, 5.41) is 4.54. The first-order valence-electron chi connectivity index (χ1n) is 5.18. The Labute approximate surface area is 122 Å². The molecular weight excluding hydrogens is 336 g/mol. The summed E-state index contributed by atoms with van der Waals surface area (Å²) in [6, 6.07) is 5.53. The van der Waals surface area contributed by atoms with Crippen LogP contribution in [-0.2, 0) is 0 Å². The summed E-state index contributed by atoms with van der Waals surface area (Å²) < 4.78 is 5.03. The predicted octanol–water partition coefficient (Wildman–Crippen LogP) is 4.81. The first kappa shape index (κ1) is 13.5. The first-order valence-corrected chi connectivity index (χ1v) is 7.12. The minimum Gasteiger partial charge on any atom is -0.345 e. The van der Waals surface area contributed by atoms with Gasteiger partial charge in [0.25, 0.3) is 0 Å². The van der Waals surface area contributed by atoms with Crippen LogP contribution < -0.4 is 5.32 Å². The molecule has 18 heavy (non-hydrogen) atoms. The highest BCUT2D eigenvalue weighted by Gasteiger charge is 2.15. The van der Waals surface area contributed by atoms with E-state index in [1.807, 2.05) is 19.1 Å². The summed E-state index contributed by atoms with van der Waals surface area (Å²) in [6.45, 7) is 3.36. The van der Waals surface area contributed by atoms with E-state index in [4.69, 9.17) is 11.6 Å². The van der Waals surface area contributed by atoms with Crippen LogP contribution in [0.3, 0.4) is 0 Å². The highest BCUT2D eigenvalue weighted by Crippen LogP contribution is 2.31. The maximum absolute atomic E-state index is 11.6. The molecule has 94 valence electrons. The zero-order chi connectivity index (χ0) is 13.3. The van der Waals surface area contributed by atoms with Crippen LogP contribution in [0.4, 0.5) is 10.7 Å². The van der Waals surface area contributed by atoms with Crippen molar-refractivity contribution >= 4 is 55.5 Å². The van der Waals surface area contributed by atoms with Gasteiger partial charge in [-0.25, -0.2) is 0 Å². The fourth-order valence-corrected chi connectivity index (χ4v) is 2.87. The van der Waals surface area contributed by atoms with Crippen molar-refractivity contribution in [3.05, 3.63) is 39.0 Å². The second-order valence-corrected chi connectivity index (χ2v) is 5.82. The maximum atomic E-state index is 11.6. The number of rotatable bonds is 3. The molecule has 2 aromatic rings. The number of aromatic nitrogens is 1. The van der Waals surface area contributed by atoms with Crippen molar-refractivity contribution < 1.29 is 4.79 Å². The van der Waals surface area contributed by atoms with Gasteiger partial charge in [-0.2, -0.15) is 4.37 Å². The monoisotopic (exact) mass is 344 g/mol. The lowest BCUT2D eigenvalue weighted by Crippen LogP contribution is -1.98. The van der Waals surface area contributed by atoms with Crippen molar-refractivity contribution in [2.45, 2.75) is 13.8 Å². The first-order chi connectivity index (χ1) is 8.49. The van der Waals surface area contributed by atoms with Crippen molar-refractivity contribution in [2.24, 2.45) is 0 Å². The van der Waals surface area contributed by atoms with Gasteiger partial charge in [-0.15, -0.1) is 0 Å². The number of nitrogens with one attached hydrogen (secondary N) is 1. The van der Waals surface area contributed by atoms with Crippen molar-refractivity contribution in [1.29, 1.82) is 0 Å². The van der Waals surface area contributed by atoms with Gasteiger partial charge in [-0.1, -0.05) is 11.6 Å². The number of Topliss-reactive ketones (excluding diaryl/α,β-unsaturated/α-hetero) is 1. The number of hydrogen-bond acceptors (Lipinski definition) is 4. The van der Waals surface area contributed by atoms with Gasteiger partial charge in [0.05, 0.1) is 16.3 Å². The molecule has 0 aliphatic heterocycles. The van der Waals surface area contributed by atoms with Crippen LogP contribution in [-0.4, -0.2) is 10.2 Å². The molecule has 3 nitrogen and oxygen atoms in total. The molecule has 0 saturated heterocycles. The molecule has 0 unspecified atom stereocenters. The van der Waals surface area contributed by atoms with E-state index in [0.717, 1.165) is 20.9 Å². The van der Waals surface area contributed by atoms with Crippen LogP contribution in [0.2, 0.25) is 5.02 Å². The van der Waals surface area contributed by atoms with Gasteiger partial charge >= 0.3 is 0 Å². The van der Waals surface area contributed by atoms with E-state index in [9.17, 15) is 4.79 Å². The second-order valence-electron chi connectivity index (χ2n) is 3.78. The molecule has 0 aliphatic carbocycles. The third-order valence-corrected chi connectivity index (χ3v) is 4.48. The van der Waals surface area contributed by atoms with Crippen LogP contribution in [0, 0.1) is 6.92 Å². The Hall–Kier alpha value is -0.910. The Balaban J connectivity index is 2.34. The van der Waals surface area contributed by atoms with Crippen molar-refractivity contribution in [3.63, 3.8) is 0 Å². The lowest BCUT2D eigenvalue weighted by Gasteiger charge is -2.06. The summed E-state index contributed by atoms with van der Waals surface area (Å²) in [5.41, 5.74) is 2.21. The molecule has 6 heteroatoms. The van der Waals surface area contributed by atoms with Gasteiger partial charge in [-0.05, 0) is 59.5 Å². The summed E-state index contributed by atoms with van der Waals surface area (Å²) in [4.78, 5) is 11.6. The number of carbonyl (C=O) groups is 1. The number of carbonyl (C=O) groups excluding carboxylic acids is 1. The summed E-state index contributed by atoms with van der Waals surface area (Å²) >= 11 is 10.6. The molecule has 1 heterocycles. The molecule has 0 saturated carbocycles. The molecule has 0 radical (unpaired) electrons. The van der Waals surface area contributed by atoms with E-state index in [1.54, 1.807) is 6.07 Å². The van der Waals surface area contributed by atoms with Crippen LogP contribution >= 0.6 is 39.1 Å². The van der Waals surface area contributed by atoms with Gasteiger partial charge < -0.3 is 5.32 Å². The van der Waals surface area contributed by atoms with Crippen LogP contribution in [0.15, 0.2) is 22.7 Å². The SMILES string of the molecule is CC(=O)c1c(C)nsc1Nc1ccc(Br)c(Cl)c1. The number of aryl methyl sites for hydroxylation is 1. The fourth-order valence-electron chi connectivity index (χ4n) is 1.57. The molecule has 1 aromatic carbocycles. The van der Waals surface area contributed by atoms with Crippen molar-refractivity contribution in [1.82, 2.24) is 4.37 Å². The largest absolute Gasteiger partial charge is 0.345 e. The second kappa shape index (κ2) is 5.38. The van der Waals surface area contributed by atoms with Gasteiger partial charge in [0.2, 0.25) is 0 Å². The average molecular weight is 346 g/mol. The smallest absolute Gasteiger partial charge is 0.164 e. The molecule has 0 bridgehead atoms. The van der Waals surface area contributed by atoms with Crippen molar-refractivity contribution in [2.75, 3.05) is 5.32 Å². The number of anilines is 2. The highest BCUT2D eigenvalue weighted by molar-refractivity contribution is 9.10. The molecular formula is C12H10BrClN2OS. The highest BCUT2D eigenvalue weighted by atomic mass is 79.9. The normalized spacial score (nSPS) is 10.4. The fraction of sp³-hybridized carbons (Fsp3) is 0.167. The molecule has 2 rings (SSSR count). The number of hydrogen-bond donors (Lipinski definition) is 1. The Morgan fingerprint density at radius 2 is 2.22 bits per heavy atom. The zero-order valence-corrected chi connectivity index (χ0v) is 12.9. The molecule has 1 aromatic heterocycles. The number of benzene rings is 1. The lowest BCUT2D eigenvalue weighted by atomic mass is 10.2. The van der Waals surface area contributed by atoms with E-state index >= 15 is 0 Å². The summed E-state index contributed by atoms with van der Waals surface area (Å²) in [5.74, 6) is 0.00644. The molecule has 0 atom stereocenters. The van der Waals surface area contributed by atoms with Crippen LogP contribution in [0.25, 0.3) is 0 Å². The summed E-state index contributed by atoms with van der Waals surface area (Å²) in [6.07, 6.45) is 0. The van der Waals surface area contributed by atoms with Gasteiger partial charge in [0.15, 0.2) is 5.78 Å². The van der Waals surface area contributed by atoms with E-state index in [1.165, 1.54) is 18.5 Å².